The van der Waals surface area contributed by atoms with Gasteiger partial charge in [0.25, 0.3) is 0 Å². The molecule has 1 unspecified atom stereocenters. The molecule has 0 bridgehead atoms. The summed E-state index contributed by atoms with van der Waals surface area (Å²) in [7, 11) is 0. The van der Waals surface area contributed by atoms with Crippen LogP contribution in [0.1, 0.15) is 64.5 Å². The van der Waals surface area contributed by atoms with Gasteiger partial charge < -0.3 is 10.0 Å². The minimum Gasteiger partial charge on any atom is -0.389 e. The van der Waals surface area contributed by atoms with E-state index in [-0.39, 0.29) is 0 Å². The number of nitrogens with zero attached hydrogens (tertiary/aromatic N) is 1. The zero-order valence-electron chi connectivity index (χ0n) is 13.2. The molecule has 0 heterocycles. The van der Waals surface area contributed by atoms with Crippen LogP contribution in [0, 0.1) is 5.92 Å². The Morgan fingerprint density at radius 3 is 2.40 bits per heavy atom. The topological polar surface area (TPSA) is 23.5 Å². The van der Waals surface area contributed by atoms with Crippen LogP contribution in [0.3, 0.4) is 0 Å². The van der Waals surface area contributed by atoms with Crippen LogP contribution in [0.5, 0.6) is 0 Å². The molecule has 112 valence electrons. The van der Waals surface area contributed by atoms with Gasteiger partial charge in [-0.25, -0.2) is 0 Å². The van der Waals surface area contributed by atoms with Gasteiger partial charge in [-0.05, 0) is 38.2 Å². The average molecular weight is 275 g/mol. The number of hydrogen-bond acceptors (Lipinski definition) is 2. The van der Waals surface area contributed by atoms with Crippen LogP contribution in [-0.2, 0) is 0 Å². The zero-order valence-corrected chi connectivity index (χ0v) is 13.2. The van der Waals surface area contributed by atoms with Gasteiger partial charge in [0.15, 0.2) is 0 Å². The number of benzene rings is 1. The van der Waals surface area contributed by atoms with Gasteiger partial charge >= 0.3 is 0 Å². The molecule has 20 heavy (non-hydrogen) atoms. The maximum atomic E-state index is 10.0. The fourth-order valence-electron chi connectivity index (χ4n) is 3.22. The second-order valence-corrected chi connectivity index (χ2v) is 6.55. The van der Waals surface area contributed by atoms with E-state index in [9.17, 15) is 5.11 Å². The molecule has 1 fully saturated rings. The smallest absolute Gasteiger partial charge is 0.0781 e. The van der Waals surface area contributed by atoms with E-state index in [4.69, 9.17) is 0 Å². The summed E-state index contributed by atoms with van der Waals surface area (Å²) in [5.74, 6) is 0.720. The molecule has 1 atom stereocenters. The number of anilines is 1. The second-order valence-electron chi connectivity index (χ2n) is 6.55. The Morgan fingerprint density at radius 2 is 1.80 bits per heavy atom. The number of rotatable bonds is 6. The summed E-state index contributed by atoms with van der Waals surface area (Å²) < 4.78 is 0. The van der Waals surface area contributed by atoms with Gasteiger partial charge in [-0.2, -0.15) is 0 Å². The molecule has 2 nitrogen and oxygen atoms in total. The largest absolute Gasteiger partial charge is 0.389 e. The highest BCUT2D eigenvalue weighted by atomic mass is 16.3. The third kappa shape index (κ3) is 3.76. The Kier molecular flexibility index (Phi) is 5.47. The third-order valence-electron chi connectivity index (χ3n) is 4.41. The van der Waals surface area contributed by atoms with Crippen LogP contribution in [0.2, 0.25) is 0 Å². The van der Waals surface area contributed by atoms with Gasteiger partial charge in [-0.15, -0.1) is 0 Å². The first-order chi connectivity index (χ1) is 9.59. The standard InChI is InChI=1S/C18H29NO/c1-14(2)12-13-19(16-8-4-5-9-16)18-11-7-6-10-17(18)15(3)20/h6-7,10-11,14-16,20H,4-5,8-9,12-13H2,1-3H3. The van der Waals surface area contributed by atoms with E-state index in [1.54, 1.807) is 0 Å². The molecule has 1 aromatic rings. The first-order valence-corrected chi connectivity index (χ1v) is 8.13. The van der Waals surface area contributed by atoms with Crippen molar-refractivity contribution in [2.45, 2.75) is 65.0 Å². The maximum Gasteiger partial charge on any atom is 0.0781 e. The minimum atomic E-state index is -0.394. The number of para-hydroxylation sites is 1. The Balaban J connectivity index is 2.25. The Labute approximate surface area is 123 Å². The lowest BCUT2D eigenvalue weighted by Gasteiger charge is -2.34. The Morgan fingerprint density at radius 1 is 1.15 bits per heavy atom. The van der Waals surface area contributed by atoms with Gasteiger partial charge in [-0.1, -0.05) is 44.9 Å². The van der Waals surface area contributed by atoms with Gasteiger partial charge in [0, 0.05) is 23.8 Å². The quantitative estimate of drug-likeness (QED) is 0.824. The van der Waals surface area contributed by atoms with Crippen molar-refractivity contribution in [2.24, 2.45) is 5.92 Å². The van der Waals surface area contributed by atoms with Gasteiger partial charge in [-0.3, -0.25) is 0 Å². The molecule has 0 aliphatic heterocycles. The monoisotopic (exact) mass is 275 g/mol. The van der Waals surface area contributed by atoms with Crippen molar-refractivity contribution in [3.8, 4) is 0 Å². The maximum absolute atomic E-state index is 10.0. The lowest BCUT2D eigenvalue weighted by atomic mass is 10.0. The van der Waals surface area contributed by atoms with Crippen LogP contribution in [0.4, 0.5) is 5.69 Å². The van der Waals surface area contributed by atoms with Crippen molar-refractivity contribution in [3.63, 3.8) is 0 Å². The second kappa shape index (κ2) is 7.12. The summed E-state index contributed by atoms with van der Waals surface area (Å²) >= 11 is 0. The van der Waals surface area contributed by atoms with E-state index in [0.29, 0.717) is 6.04 Å². The van der Waals surface area contributed by atoms with Crippen molar-refractivity contribution in [1.29, 1.82) is 0 Å². The van der Waals surface area contributed by atoms with E-state index in [0.717, 1.165) is 18.0 Å². The molecule has 2 heteroatoms. The predicted octanol–water partition coefficient (Wildman–Crippen LogP) is 4.54. The molecule has 0 radical (unpaired) electrons. The molecule has 2 rings (SSSR count). The summed E-state index contributed by atoms with van der Waals surface area (Å²) in [6.07, 6.45) is 6.11. The van der Waals surface area contributed by atoms with Crippen LogP contribution in [0.15, 0.2) is 24.3 Å². The average Bonchev–Trinajstić information content (AvgIpc) is 2.93. The number of hydrogen-bond donors (Lipinski definition) is 1. The van der Waals surface area contributed by atoms with Gasteiger partial charge in [0.1, 0.15) is 0 Å². The van der Waals surface area contributed by atoms with Gasteiger partial charge in [0.2, 0.25) is 0 Å². The molecule has 0 saturated heterocycles. The predicted molar refractivity (Wildman–Crippen MR) is 86.1 cm³/mol. The highest BCUT2D eigenvalue weighted by Gasteiger charge is 2.25. The zero-order chi connectivity index (χ0) is 14.5. The van der Waals surface area contributed by atoms with Crippen molar-refractivity contribution in [3.05, 3.63) is 29.8 Å². The first-order valence-electron chi connectivity index (χ1n) is 8.13. The van der Waals surface area contributed by atoms with E-state index in [2.05, 4.69) is 36.9 Å². The molecule has 1 aliphatic rings. The highest BCUT2D eigenvalue weighted by molar-refractivity contribution is 5.55. The highest BCUT2D eigenvalue weighted by Crippen LogP contribution is 2.33. The van der Waals surface area contributed by atoms with E-state index < -0.39 is 6.10 Å². The molecule has 0 amide bonds. The summed E-state index contributed by atoms with van der Waals surface area (Å²) in [5, 5.41) is 10.0. The van der Waals surface area contributed by atoms with Gasteiger partial charge in [0.05, 0.1) is 6.10 Å². The fraction of sp³-hybridized carbons (Fsp3) is 0.667. The normalized spacial score (nSPS) is 17.6. The van der Waals surface area contributed by atoms with E-state index >= 15 is 0 Å². The lowest BCUT2D eigenvalue weighted by Crippen LogP contribution is -2.35. The summed E-state index contributed by atoms with van der Waals surface area (Å²) in [6.45, 7) is 7.54. The van der Waals surface area contributed by atoms with Crippen LogP contribution in [-0.4, -0.2) is 17.7 Å². The minimum absolute atomic E-state index is 0.394. The SMILES string of the molecule is CC(C)CCN(c1ccccc1C(C)O)C1CCCC1. The molecule has 0 spiro atoms. The third-order valence-corrected chi connectivity index (χ3v) is 4.41. The molecule has 1 N–H and O–H groups in total. The van der Waals surface area contributed by atoms with Crippen molar-refractivity contribution in [2.75, 3.05) is 11.4 Å². The molecular weight excluding hydrogens is 246 g/mol. The van der Waals surface area contributed by atoms with Crippen molar-refractivity contribution in [1.82, 2.24) is 0 Å². The Bertz CT molecular complexity index is 408. The molecule has 1 saturated carbocycles. The van der Waals surface area contributed by atoms with E-state index in [1.807, 2.05) is 13.0 Å². The van der Waals surface area contributed by atoms with Crippen molar-refractivity contribution >= 4 is 5.69 Å². The van der Waals surface area contributed by atoms with E-state index in [1.165, 1.54) is 37.8 Å². The summed E-state index contributed by atoms with van der Waals surface area (Å²) in [4.78, 5) is 2.56. The van der Waals surface area contributed by atoms with Crippen molar-refractivity contribution < 1.29 is 5.11 Å². The molecule has 1 aliphatic carbocycles. The lowest BCUT2D eigenvalue weighted by molar-refractivity contribution is 0.199. The molecule has 1 aromatic carbocycles. The summed E-state index contributed by atoms with van der Waals surface area (Å²) in [6, 6.07) is 9.03. The number of aliphatic hydroxyl groups is 1. The molecular formula is C18H29NO. The van der Waals surface area contributed by atoms with Crippen LogP contribution >= 0.6 is 0 Å². The summed E-state index contributed by atoms with van der Waals surface area (Å²) in [5.41, 5.74) is 2.32. The molecule has 0 aromatic heterocycles. The van der Waals surface area contributed by atoms with Crippen LogP contribution < -0.4 is 4.90 Å². The van der Waals surface area contributed by atoms with Crippen LogP contribution in [0.25, 0.3) is 0 Å². The Hall–Kier alpha value is -1.02. The first kappa shape index (κ1) is 15.4. The fourth-order valence-corrected chi connectivity index (χ4v) is 3.22. The number of aliphatic hydroxyl groups excluding tert-OH is 1.